The Morgan fingerprint density at radius 2 is 1.67 bits per heavy atom. The Morgan fingerprint density at radius 1 is 1.00 bits per heavy atom. The third-order valence-corrected chi connectivity index (χ3v) is 5.38. The molecule has 1 saturated heterocycles. The molecule has 0 amide bonds. The van der Waals surface area contributed by atoms with Crippen molar-refractivity contribution < 1.29 is 0 Å². The van der Waals surface area contributed by atoms with E-state index in [9.17, 15) is 0 Å². The van der Waals surface area contributed by atoms with Gasteiger partial charge in [-0.1, -0.05) is 20.8 Å². The Kier molecular flexibility index (Phi) is 3.44. The number of nitrogens with one attached hydrogen (secondary N) is 1. The number of piperidine rings is 1. The van der Waals surface area contributed by atoms with Crippen LogP contribution in [0.3, 0.4) is 0 Å². The minimum absolute atomic E-state index is 0.561. The summed E-state index contributed by atoms with van der Waals surface area (Å²) >= 11 is 0. The molecule has 3 aliphatic rings. The average molecular weight is 250 g/mol. The van der Waals surface area contributed by atoms with E-state index in [2.05, 4.69) is 31.0 Å². The highest BCUT2D eigenvalue weighted by Crippen LogP contribution is 2.41. The summed E-state index contributed by atoms with van der Waals surface area (Å²) in [5.74, 6) is 0.862. The van der Waals surface area contributed by atoms with Crippen LogP contribution < -0.4 is 5.32 Å². The zero-order valence-electron chi connectivity index (χ0n) is 12.4. The van der Waals surface area contributed by atoms with E-state index in [-0.39, 0.29) is 0 Å². The summed E-state index contributed by atoms with van der Waals surface area (Å²) in [5.41, 5.74) is 0.561. The van der Waals surface area contributed by atoms with Crippen LogP contribution in [0.15, 0.2) is 0 Å². The quantitative estimate of drug-likeness (QED) is 0.828. The molecule has 2 saturated carbocycles. The first-order valence-electron chi connectivity index (χ1n) is 8.04. The van der Waals surface area contributed by atoms with Crippen LogP contribution in [0.2, 0.25) is 0 Å². The molecule has 104 valence electrons. The van der Waals surface area contributed by atoms with Crippen molar-refractivity contribution in [1.29, 1.82) is 0 Å². The minimum Gasteiger partial charge on any atom is -0.311 e. The number of nitrogens with zero attached hydrogens (tertiary/aromatic N) is 1. The van der Waals surface area contributed by atoms with Gasteiger partial charge in [-0.3, -0.25) is 0 Å². The summed E-state index contributed by atoms with van der Waals surface area (Å²) < 4.78 is 0. The largest absolute Gasteiger partial charge is 0.311 e. The first kappa shape index (κ1) is 12.9. The van der Waals surface area contributed by atoms with Crippen LogP contribution in [0.25, 0.3) is 0 Å². The second-order valence-electron chi connectivity index (χ2n) is 7.86. The maximum Gasteiger partial charge on any atom is 0.0101 e. The van der Waals surface area contributed by atoms with Gasteiger partial charge in [0, 0.05) is 18.1 Å². The SMILES string of the molecule is CC1CC(C)(C)CC1NC1CCN(C2CC2)CC1. The molecule has 0 aromatic rings. The molecule has 0 aromatic carbocycles. The van der Waals surface area contributed by atoms with Gasteiger partial charge in [0.15, 0.2) is 0 Å². The van der Waals surface area contributed by atoms with Crippen molar-refractivity contribution in [3.05, 3.63) is 0 Å². The molecule has 2 aliphatic carbocycles. The number of hydrogen-bond donors (Lipinski definition) is 1. The van der Waals surface area contributed by atoms with E-state index in [1.54, 1.807) is 0 Å². The summed E-state index contributed by atoms with van der Waals surface area (Å²) in [5, 5.41) is 3.98. The minimum atomic E-state index is 0.561. The van der Waals surface area contributed by atoms with Gasteiger partial charge in [-0.2, -0.15) is 0 Å². The lowest BCUT2D eigenvalue weighted by Crippen LogP contribution is -2.47. The van der Waals surface area contributed by atoms with Gasteiger partial charge in [0.05, 0.1) is 0 Å². The van der Waals surface area contributed by atoms with Crippen LogP contribution in [0.4, 0.5) is 0 Å². The number of rotatable bonds is 3. The molecule has 1 heterocycles. The van der Waals surface area contributed by atoms with Crippen LogP contribution in [-0.2, 0) is 0 Å². The van der Waals surface area contributed by atoms with Crippen molar-refractivity contribution >= 4 is 0 Å². The van der Waals surface area contributed by atoms with Crippen molar-refractivity contribution in [1.82, 2.24) is 10.2 Å². The highest BCUT2D eigenvalue weighted by Gasteiger charge is 2.38. The Morgan fingerprint density at radius 3 is 2.17 bits per heavy atom. The maximum absolute atomic E-state index is 3.98. The van der Waals surface area contributed by atoms with Gasteiger partial charge in [-0.05, 0) is 62.9 Å². The van der Waals surface area contributed by atoms with Crippen molar-refractivity contribution in [2.75, 3.05) is 13.1 Å². The third-order valence-electron chi connectivity index (χ3n) is 5.38. The summed E-state index contributed by atoms with van der Waals surface area (Å²) in [4.78, 5) is 2.72. The van der Waals surface area contributed by atoms with Gasteiger partial charge in [0.1, 0.15) is 0 Å². The van der Waals surface area contributed by atoms with Crippen LogP contribution in [-0.4, -0.2) is 36.1 Å². The van der Waals surface area contributed by atoms with E-state index in [1.807, 2.05) is 0 Å². The van der Waals surface area contributed by atoms with Crippen molar-refractivity contribution in [3.8, 4) is 0 Å². The van der Waals surface area contributed by atoms with E-state index in [4.69, 9.17) is 0 Å². The molecular formula is C16H30N2. The molecule has 0 spiro atoms. The van der Waals surface area contributed by atoms with Crippen LogP contribution >= 0.6 is 0 Å². The molecule has 3 rings (SSSR count). The second-order valence-corrected chi connectivity index (χ2v) is 7.86. The fourth-order valence-corrected chi connectivity index (χ4v) is 4.29. The second kappa shape index (κ2) is 4.79. The molecule has 1 aliphatic heterocycles. The lowest BCUT2D eigenvalue weighted by atomic mass is 9.91. The summed E-state index contributed by atoms with van der Waals surface area (Å²) in [6.45, 7) is 9.98. The van der Waals surface area contributed by atoms with Crippen LogP contribution in [0.5, 0.6) is 0 Å². The van der Waals surface area contributed by atoms with E-state index in [0.29, 0.717) is 5.41 Å². The van der Waals surface area contributed by atoms with Gasteiger partial charge in [-0.15, -0.1) is 0 Å². The van der Waals surface area contributed by atoms with Gasteiger partial charge in [0.25, 0.3) is 0 Å². The Labute approximate surface area is 113 Å². The molecule has 1 N–H and O–H groups in total. The molecule has 3 fully saturated rings. The molecule has 0 aromatic heterocycles. The lowest BCUT2D eigenvalue weighted by Gasteiger charge is -2.35. The first-order chi connectivity index (χ1) is 8.53. The van der Waals surface area contributed by atoms with Crippen molar-refractivity contribution in [2.45, 2.75) is 77.4 Å². The highest BCUT2D eigenvalue weighted by molar-refractivity contribution is 4.94. The predicted molar refractivity (Wildman–Crippen MR) is 76.7 cm³/mol. The van der Waals surface area contributed by atoms with E-state index in [0.717, 1.165) is 24.0 Å². The third kappa shape index (κ3) is 2.91. The van der Waals surface area contributed by atoms with Crippen molar-refractivity contribution in [3.63, 3.8) is 0 Å². The smallest absolute Gasteiger partial charge is 0.0101 e. The van der Waals surface area contributed by atoms with Gasteiger partial charge < -0.3 is 10.2 Å². The topological polar surface area (TPSA) is 15.3 Å². The van der Waals surface area contributed by atoms with E-state index >= 15 is 0 Å². The highest BCUT2D eigenvalue weighted by atomic mass is 15.2. The molecule has 2 unspecified atom stereocenters. The van der Waals surface area contributed by atoms with Crippen LogP contribution in [0, 0.1) is 11.3 Å². The van der Waals surface area contributed by atoms with E-state index in [1.165, 1.54) is 51.6 Å². The summed E-state index contributed by atoms with van der Waals surface area (Å²) in [6.07, 6.45) is 8.45. The Hall–Kier alpha value is -0.0800. The lowest BCUT2D eigenvalue weighted by molar-refractivity contribution is 0.178. The average Bonchev–Trinajstić information content (AvgIpc) is 3.08. The molecule has 2 nitrogen and oxygen atoms in total. The number of likely N-dealkylation sites (tertiary alicyclic amines) is 1. The molecule has 2 atom stereocenters. The fraction of sp³-hybridized carbons (Fsp3) is 1.00. The Balaban J connectivity index is 1.46. The molecule has 0 bridgehead atoms. The van der Waals surface area contributed by atoms with Gasteiger partial charge >= 0.3 is 0 Å². The molecule has 18 heavy (non-hydrogen) atoms. The van der Waals surface area contributed by atoms with Gasteiger partial charge in [0.2, 0.25) is 0 Å². The number of hydrogen-bond acceptors (Lipinski definition) is 2. The van der Waals surface area contributed by atoms with Crippen LogP contribution in [0.1, 0.15) is 59.3 Å². The first-order valence-corrected chi connectivity index (χ1v) is 8.04. The molecule has 2 heteroatoms. The molecule has 0 radical (unpaired) electrons. The normalized spacial score (nSPS) is 38.2. The fourth-order valence-electron chi connectivity index (χ4n) is 4.29. The predicted octanol–water partition coefficient (Wildman–Crippen LogP) is 3.03. The standard InChI is InChI=1S/C16H30N2/c1-12-10-16(2,3)11-15(12)17-13-6-8-18(9-7-13)14-4-5-14/h12-15,17H,4-11H2,1-3H3. The molecular weight excluding hydrogens is 220 g/mol. The van der Waals surface area contributed by atoms with E-state index < -0.39 is 0 Å². The monoisotopic (exact) mass is 250 g/mol. The zero-order chi connectivity index (χ0) is 12.8. The van der Waals surface area contributed by atoms with Gasteiger partial charge in [-0.25, -0.2) is 0 Å². The van der Waals surface area contributed by atoms with Crippen molar-refractivity contribution in [2.24, 2.45) is 11.3 Å². The summed E-state index contributed by atoms with van der Waals surface area (Å²) in [6, 6.07) is 2.54. The maximum atomic E-state index is 3.98. The summed E-state index contributed by atoms with van der Waals surface area (Å²) in [7, 11) is 0. The zero-order valence-corrected chi connectivity index (χ0v) is 12.4. The Bertz CT molecular complexity index is 287.